The lowest BCUT2D eigenvalue weighted by Crippen LogP contribution is -2.14. The molecule has 0 spiro atoms. The number of methoxy groups -OCH3 is 1. The number of hydrogen-bond donors (Lipinski definition) is 1. The Balaban J connectivity index is 1.83. The van der Waals surface area contributed by atoms with Crippen molar-refractivity contribution in [1.29, 1.82) is 0 Å². The molecule has 4 rings (SSSR count). The van der Waals surface area contributed by atoms with Crippen LogP contribution in [0, 0.1) is 0 Å². The van der Waals surface area contributed by atoms with E-state index < -0.39 is 7.04 Å². The number of aromatic amines is 1. The highest BCUT2D eigenvalue weighted by molar-refractivity contribution is 6.31. The number of halogens is 1. The second-order valence-corrected chi connectivity index (χ2v) is 5.49. The smallest absolute Gasteiger partial charge is 0.282 e. The molecule has 0 unspecified atom stereocenters. The average molecular weight is 329 g/mol. The van der Waals surface area contributed by atoms with E-state index >= 15 is 0 Å². The summed E-state index contributed by atoms with van der Waals surface area (Å²) in [5.74, 6) is 0.184. The van der Waals surface area contributed by atoms with E-state index in [-0.39, 0.29) is 11.3 Å². The lowest BCUT2D eigenvalue weighted by atomic mass is 10.1. The number of aromatic nitrogens is 3. The molecule has 0 bridgehead atoms. The van der Waals surface area contributed by atoms with Crippen LogP contribution < -0.4 is 10.3 Å². The largest absolute Gasteiger partial charge is 0.497 e. The van der Waals surface area contributed by atoms with Gasteiger partial charge in [0, 0.05) is 22.1 Å². The van der Waals surface area contributed by atoms with Crippen molar-refractivity contribution in [3.63, 3.8) is 0 Å². The van der Waals surface area contributed by atoms with Crippen LogP contribution in [0.2, 0.25) is 5.02 Å². The molecule has 2 aliphatic rings. The number of benzene rings is 2. The Kier molecular flexibility index (Phi) is 2.43. The summed E-state index contributed by atoms with van der Waals surface area (Å²) in [5.41, 5.74) is 1.99. The lowest BCUT2D eigenvalue weighted by molar-refractivity contribution is 0.414. The second kappa shape index (κ2) is 5.14. The van der Waals surface area contributed by atoms with Crippen molar-refractivity contribution in [2.45, 2.75) is 0 Å². The maximum atomic E-state index is 12.7. The van der Waals surface area contributed by atoms with E-state index in [0.29, 0.717) is 22.0 Å². The van der Waals surface area contributed by atoms with Crippen LogP contribution in [-0.4, -0.2) is 21.8 Å². The summed E-state index contributed by atoms with van der Waals surface area (Å²) in [5, 5.41) is 5.72. The maximum Gasteiger partial charge on any atom is 0.282 e. The monoisotopic (exact) mass is 328 g/mol. The van der Waals surface area contributed by atoms with Gasteiger partial charge in [0.2, 0.25) is 0 Å². The minimum Gasteiger partial charge on any atom is -0.497 e. The van der Waals surface area contributed by atoms with Gasteiger partial charge in [0.15, 0.2) is 0 Å². The summed E-state index contributed by atoms with van der Waals surface area (Å²) in [7, 11) is -2.53. The van der Waals surface area contributed by atoms with Crippen LogP contribution in [-0.2, 0) is 0 Å². The molecule has 23 heavy (non-hydrogen) atoms. The molecule has 0 saturated heterocycles. The molecule has 0 aromatic heterocycles. The van der Waals surface area contributed by atoms with E-state index in [0.717, 1.165) is 10.9 Å². The third-order valence-electron chi connectivity index (χ3n) is 3.69. The summed E-state index contributed by atoms with van der Waals surface area (Å²) in [6.07, 6.45) is 1.61. The van der Waals surface area contributed by atoms with Crippen molar-refractivity contribution in [1.82, 2.24) is 14.8 Å². The number of pyridine rings is 1. The van der Waals surface area contributed by atoms with Crippen LogP contribution in [0.25, 0.3) is 27.8 Å². The molecular formula is C17H12ClN3O2. The molecule has 114 valence electrons. The predicted molar refractivity (Wildman–Crippen MR) is 89.9 cm³/mol. The second-order valence-electron chi connectivity index (χ2n) is 5.05. The zero-order valence-corrected chi connectivity index (χ0v) is 12.5. The molecule has 0 atom stereocenters. The van der Waals surface area contributed by atoms with E-state index in [1.165, 1.54) is 16.8 Å². The van der Waals surface area contributed by atoms with Gasteiger partial charge >= 0.3 is 0 Å². The van der Waals surface area contributed by atoms with Crippen molar-refractivity contribution < 1.29 is 8.85 Å². The van der Waals surface area contributed by atoms with Crippen molar-refractivity contribution in [3.05, 3.63) is 64.0 Å². The van der Waals surface area contributed by atoms with Crippen LogP contribution in [0.15, 0.2) is 53.5 Å². The molecule has 2 aliphatic heterocycles. The molecule has 2 aromatic carbocycles. The number of nitrogens with one attached hydrogen (secondary N) is 1. The van der Waals surface area contributed by atoms with E-state index in [1.54, 1.807) is 30.5 Å². The van der Waals surface area contributed by atoms with Gasteiger partial charge in [-0.2, -0.15) is 9.78 Å². The van der Waals surface area contributed by atoms with Gasteiger partial charge in [-0.3, -0.25) is 4.79 Å². The van der Waals surface area contributed by atoms with Gasteiger partial charge in [-0.15, -0.1) is 0 Å². The van der Waals surface area contributed by atoms with Crippen molar-refractivity contribution in [2.75, 3.05) is 7.04 Å². The summed E-state index contributed by atoms with van der Waals surface area (Å²) >= 11 is 6.07. The fraction of sp³-hybridized carbons (Fsp3) is 0.0588. The Hall–Kier alpha value is -2.79. The Bertz CT molecular complexity index is 1130. The molecule has 2 aromatic rings. The first-order valence-electron chi connectivity index (χ1n) is 8.31. The average Bonchev–Trinajstić information content (AvgIpc) is 2.92. The minimum absolute atomic E-state index is 0.184. The Labute approximate surface area is 140 Å². The number of H-pyrrole nitrogens is 1. The van der Waals surface area contributed by atoms with Gasteiger partial charge in [-0.1, -0.05) is 11.6 Å². The van der Waals surface area contributed by atoms with Crippen LogP contribution >= 0.6 is 11.6 Å². The molecule has 5 nitrogen and oxygen atoms in total. The highest BCUT2D eigenvalue weighted by atomic mass is 35.5. The molecule has 1 N–H and O–H groups in total. The normalized spacial score (nSPS) is 13.7. The summed E-state index contributed by atoms with van der Waals surface area (Å²) in [6.45, 7) is 0. The summed E-state index contributed by atoms with van der Waals surface area (Å²) in [6, 6.07) is 11.4. The highest BCUT2D eigenvalue weighted by Crippen LogP contribution is 2.28. The SMILES string of the molecule is [2H]C([2H])([2H])Oc1ccc(-n2nc3c4cc(Cl)ccc4[nH]cc-3c2=O)cc1. The summed E-state index contributed by atoms with van der Waals surface area (Å²) < 4.78 is 27.4. The van der Waals surface area contributed by atoms with E-state index in [2.05, 4.69) is 10.1 Å². The van der Waals surface area contributed by atoms with Crippen LogP contribution in [0.3, 0.4) is 0 Å². The fourth-order valence-electron chi connectivity index (χ4n) is 2.56. The molecule has 0 aliphatic carbocycles. The molecule has 0 radical (unpaired) electrons. The van der Waals surface area contributed by atoms with Gasteiger partial charge in [0.05, 0.1) is 22.4 Å². The first kappa shape index (κ1) is 10.9. The maximum absolute atomic E-state index is 12.7. The molecular weight excluding hydrogens is 314 g/mol. The lowest BCUT2D eigenvalue weighted by Gasteiger charge is -2.03. The molecule has 0 amide bonds. The Morgan fingerprint density at radius 3 is 2.87 bits per heavy atom. The number of nitrogens with zero attached hydrogens (tertiary/aromatic N) is 2. The van der Waals surface area contributed by atoms with Gasteiger partial charge in [0.25, 0.3) is 5.56 Å². The van der Waals surface area contributed by atoms with Crippen molar-refractivity contribution in [3.8, 4) is 22.7 Å². The first-order valence-corrected chi connectivity index (χ1v) is 7.19. The Morgan fingerprint density at radius 2 is 2.09 bits per heavy atom. The zero-order valence-electron chi connectivity index (χ0n) is 14.7. The predicted octanol–water partition coefficient (Wildman–Crippen LogP) is 3.48. The van der Waals surface area contributed by atoms with E-state index in [4.69, 9.17) is 20.5 Å². The fourth-order valence-corrected chi connectivity index (χ4v) is 2.73. The number of fused-ring (bicyclic) bond motifs is 3. The molecule has 6 heteroatoms. The van der Waals surface area contributed by atoms with Crippen molar-refractivity contribution >= 4 is 22.5 Å². The van der Waals surface area contributed by atoms with Crippen LogP contribution in [0.5, 0.6) is 5.75 Å². The zero-order chi connectivity index (χ0) is 18.5. The third-order valence-corrected chi connectivity index (χ3v) is 3.92. The molecule has 0 fully saturated rings. The first-order chi connectivity index (χ1) is 12.3. The van der Waals surface area contributed by atoms with Gasteiger partial charge in [0.1, 0.15) is 11.4 Å². The number of rotatable bonds is 2. The van der Waals surface area contributed by atoms with Gasteiger partial charge in [-0.05, 0) is 42.5 Å². The molecule has 2 heterocycles. The van der Waals surface area contributed by atoms with Crippen LogP contribution in [0.4, 0.5) is 0 Å². The van der Waals surface area contributed by atoms with E-state index in [9.17, 15) is 4.79 Å². The number of ether oxygens (including phenoxy) is 1. The van der Waals surface area contributed by atoms with Gasteiger partial charge < -0.3 is 9.72 Å². The van der Waals surface area contributed by atoms with E-state index in [1.807, 2.05) is 6.07 Å². The Morgan fingerprint density at radius 1 is 1.26 bits per heavy atom. The third kappa shape index (κ3) is 2.17. The topological polar surface area (TPSA) is 59.9 Å². The van der Waals surface area contributed by atoms with Crippen LogP contribution in [0.1, 0.15) is 4.11 Å². The van der Waals surface area contributed by atoms with Gasteiger partial charge in [-0.25, -0.2) is 0 Å². The quantitative estimate of drug-likeness (QED) is 0.613. The number of hydrogen-bond acceptors (Lipinski definition) is 3. The standard InChI is InChI=1S/C17H12ClN3O2/c1-23-12-5-3-11(4-6-12)21-17(22)14-9-19-15-7-2-10(18)8-13(15)16(14)20-21/h2-9,19H,1H3/i1D3. The molecule has 0 saturated carbocycles. The highest BCUT2D eigenvalue weighted by Gasteiger charge is 2.19. The van der Waals surface area contributed by atoms with Crippen molar-refractivity contribution in [2.24, 2.45) is 0 Å². The summed E-state index contributed by atoms with van der Waals surface area (Å²) in [4.78, 5) is 15.8. The minimum atomic E-state index is -2.53.